The number of imidazole rings is 1. The third-order valence-electron chi connectivity index (χ3n) is 6.38. The Morgan fingerprint density at radius 3 is 2.31 bits per heavy atom. The van der Waals surface area contributed by atoms with Crippen molar-refractivity contribution in [1.29, 1.82) is 0 Å². The van der Waals surface area contributed by atoms with E-state index < -0.39 is 23.9 Å². The number of aliphatic hydroxyl groups excluding tert-OH is 2. The van der Waals surface area contributed by atoms with Gasteiger partial charge in [-0.25, -0.2) is 4.98 Å². The third-order valence-corrected chi connectivity index (χ3v) is 6.66. The van der Waals surface area contributed by atoms with Crippen molar-refractivity contribution >= 4 is 22.8 Å². The Morgan fingerprint density at radius 1 is 1.06 bits per heavy atom. The maximum atomic E-state index is 10.2. The smallest absolute Gasteiger partial charge is 0.296 e. The molecule has 5 rings (SSSR count). The molecule has 188 valence electrons. The van der Waals surface area contributed by atoms with E-state index in [2.05, 4.69) is 15.0 Å². The third kappa shape index (κ3) is 5.09. The molecule has 9 heteroatoms. The molecule has 8 nitrogen and oxygen atoms in total. The quantitative estimate of drug-likeness (QED) is 0.309. The number of aromatic amines is 1. The molecule has 3 atom stereocenters. The van der Waals surface area contributed by atoms with Gasteiger partial charge in [0.2, 0.25) is 0 Å². The zero-order valence-corrected chi connectivity index (χ0v) is 20.7. The van der Waals surface area contributed by atoms with E-state index in [0.29, 0.717) is 28.3 Å². The summed E-state index contributed by atoms with van der Waals surface area (Å²) in [5.74, 6) is 0. The summed E-state index contributed by atoms with van der Waals surface area (Å²) in [6.07, 6.45) is -1.47. The molecule has 36 heavy (non-hydrogen) atoms. The second kappa shape index (κ2) is 9.80. The number of fused-ring (bicyclic) bond motifs is 1. The summed E-state index contributed by atoms with van der Waals surface area (Å²) in [5, 5.41) is 29.9. The number of halogens is 1. The average molecular weight is 510 g/mol. The molecule has 1 fully saturated rings. The largest absolute Gasteiger partial charge is 0.459 e. The molecule has 2 aromatic carbocycles. The lowest BCUT2D eigenvalue weighted by molar-refractivity contribution is -0.131. The van der Waals surface area contributed by atoms with Gasteiger partial charge in [0, 0.05) is 12.0 Å². The number of H-pyrrole nitrogens is 1. The van der Waals surface area contributed by atoms with Crippen LogP contribution in [0.5, 0.6) is 6.01 Å². The van der Waals surface area contributed by atoms with Gasteiger partial charge in [-0.2, -0.15) is 4.98 Å². The van der Waals surface area contributed by atoms with Gasteiger partial charge in [0.1, 0.15) is 12.2 Å². The molecular weight excluding hydrogens is 482 g/mol. The summed E-state index contributed by atoms with van der Waals surface area (Å²) in [6, 6.07) is 17.8. The number of hydrogen-bond donors (Lipinski definition) is 4. The van der Waals surface area contributed by atoms with Crippen LogP contribution in [0.4, 0.5) is 0 Å². The standard InChI is InChI=1S/C27H28ClN3O5/c1-27(2,34)18-9-7-16(8-10-18)15-3-5-17(6-4-15)24-20(28)12-21-25(30-24)31-26(29-21)36-19-11-22(33)23(13-32)35-14-19/h3-10,12,19,22-23,32-34H,11,13-14H2,1-2H3,(H,29,30,31)/t19-,22+,23-/m1/s1. The molecule has 4 N–H and O–H groups in total. The highest BCUT2D eigenvalue weighted by atomic mass is 35.5. The van der Waals surface area contributed by atoms with Crippen LogP contribution in [-0.2, 0) is 10.3 Å². The fourth-order valence-corrected chi connectivity index (χ4v) is 4.55. The van der Waals surface area contributed by atoms with Crippen molar-refractivity contribution in [2.75, 3.05) is 13.2 Å². The highest BCUT2D eigenvalue weighted by Crippen LogP contribution is 2.32. The van der Waals surface area contributed by atoms with Crippen LogP contribution in [0.25, 0.3) is 33.5 Å². The first-order valence-electron chi connectivity index (χ1n) is 11.8. The summed E-state index contributed by atoms with van der Waals surface area (Å²) in [7, 11) is 0. The summed E-state index contributed by atoms with van der Waals surface area (Å²) in [6.45, 7) is 3.53. The number of hydrogen-bond acceptors (Lipinski definition) is 7. The van der Waals surface area contributed by atoms with E-state index >= 15 is 0 Å². The molecule has 0 unspecified atom stereocenters. The molecule has 1 aliphatic rings. The van der Waals surface area contributed by atoms with Crippen LogP contribution in [-0.4, -0.2) is 61.8 Å². The lowest BCUT2D eigenvalue weighted by atomic mass is 9.95. The van der Waals surface area contributed by atoms with Crippen LogP contribution in [0.1, 0.15) is 25.8 Å². The van der Waals surface area contributed by atoms with Crippen LogP contribution < -0.4 is 4.74 Å². The SMILES string of the molecule is CC(C)(O)c1ccc(-c2ccc(-c3nc4nc(O[C@H]5CO[C@H](CO)[C@@H](O)C5)[nH]c4cc3Cl)cc2)cc1. The Bertz CT molecular complexity index is 1350. The molecule has 3 heterocycles. The number of nitrogens with zero attached hydrogens (tertiary/aromatic N) is 2. The zero-order valence-electron chi connectivity index (χ0n) is 20.0. The summed E-state index contributed by atoms with van der Waals surface area (Å²) < 4.78 is 11.3. The molecule has 4 aromatic rings. The number of nitrogens with one attached hydrogen (secondary N) is 1. The van der Waals surface area contributed by atoms with E-state index in [9.17, 15) is 15.3 Å². The molecule has 0 bridgehead atoms. The highest BCUT2D eigenvalue weighted by molar-refractivity contribution is 6.33. The van der Waals surface area contributed by atoms with E-state index in [1.807, 2.05) is 48.5 Å². The van der Waals surface area contributed by atoms with Crippen molar-refractivity contribution in [2.24, 2.45) is 0 Å². The number of aromatic nitrogens is 3. The van der Waals surface area contributed by atoms with Crippen LogP contribution in [0.15, 0.2) is 54.6 Å². The molecule has 0 aliphatic carbocycles. The van der Waals surface area contributed by atoms with Crippen molar-refractivity contribution in [3.8, 4) is 28.4 Å². The van der Waals surface area contributed by atoms with Gasteiger partial charge in [-0.1, -0.05) is 60.1 Å². The van der Waals surface area contributed by atoms with Gasteiger partial charge in [-0.05, 0) is 36.6 Å². The first-order valence-corrected chi connectivity index (χ1v) is 12.2. The van der Waals surface area contributed by atoms with E-state index in [-0.39, 0.29) is 19.2 Å². The van der Waals surface area contributed by atoms with Crippen LogP contribution in [0, 0.1) is 0 Å². The van der Waals surface area contributed by atoms with E-state index in [4.69, 9.17) is 21.1 Å². The number of pyridine rings is 1. The van der Waals surface area contributed by atoms with Crippen molar-refractivity contribution < 1.29 is 24.8 Å². The maximum absolute atomic E-state index is 10.2. The van der Waals surface area contributed by atoms with Gasteiger partial charge >= 0.3 is 0 Å². The minimum Gasteiger partial charge on any atom is -0.459 e. The topological polar surface area (TPSA) is 121 Å². The molecule has 1 aliphatic heterocycles. The van der Waals surface area contributed by atoms with Crippen LogP contribution in [0.3, 0.4) is 0 Å². The second-order valence-corrected chi connectivity index (χ2v) is 9.95. The second-order valence-electron chi connectivity index (χ2n) is 9.54. The van der Waals surface area contributed by atoms with Gasteiger partial charge in [0.05, 0.1) is 41.2 Å². The zero-order chi connectivity index (χ0) is 25.4. The maximum Gasteiger partial charge on any atom is 0.296 e. The van der Waals surface area contributed by atoms with Crippen LogP contribution in [0.2, 0.25) is 5.02 Å². The lowest BCUT2D eigenvalue weighted by Crippen LogP contribution is -2.45. The predicted molar refractivity (Wildman–Crippen MR) is 137 cm³/mol. The van der Waals surface area contributed by atoms with Gasteiger partial charge in [0.15, 0.2) is 5.65 Å². The Kier molecular flexibility index (Phi) is 6.72. The number of aliphatic hydroxyl groups is 3. The fraction of sp³-hybridized carbons (Fsp3) is 0.333. The van der Waals surface area contributed by atoms with E-state index in [1.54, 1.807) is 19.9 Å². The summed E-state index contributed by atoms with van der Waals surface area (Å²) in [5.41, 5.74) is 4.60. The predicted octanol–water partition coefficient (Wildman–Crippen LogP) is 4.06. The minimum absolute atomic E-state index is 0.237. The first-order chi connectivity index (χ1) is 17.2. The number of benzene rings is 2. The molecule has 0 spiro atoms. The van der Waals surface area contributed by atoms with Crippen molar-refractivity contribution in [3.63, 3.8) is 0 Å². The van der Waals surface area contributed by atoms with Crippen molar-refractivity contribution in [2.45, 2.75) is 44.2 Å². The first kappa shape index (κ1) is 24.7. The van der Waals surface area contributed by atoms with Crippen LogP contribution >= 0.6 is 11.6 Å². The average Bonchev–Trinajstić information content (AvgIpc) is 3.24. The molecule has 0 radical (unpaired) electrons. The summed E-state index contributed by atoms with van der Waals surface area (Å²) in [4.78, 5) is 12.1. The number of ether oxygens (including phenoxy) is 2. The normalized spacial score (nSPS) is 20.6. The van der Waals surface area contributed by atoms with E-state index in [0.717, 1.165) is 22.3 Å². The Balaban J connectivity index is 1.34. The molecule has 2 aromatic heterocycles. The highest BCUT2D eigenvalue weighted by Gasteiger charge is 2.31. The molecule has 0 saturated carbocycles. The molecule has 0 amide bonds. The van der Waals surface area contributed by atoms with Gasteiger partial charge in [-0.15, -0.1) is 0 Å². The van der Waals surface area contributed by atoms with Gasteiger partial charge in [-0.3, -0.25) is 0 Å². The molecule has 1 saturated heterocycles. The Labute approximate surface area is 213 Å². The van der Waals surface area contributed by atoms with Gasteiger partial charge < -0.3 is 29.8 Å². The Morgan fingerprint density at radius 2 is 1.69 bits per heavy atom. The fourth-order valence-electron chi connectivity index (χ4n) is 4.29. The number of rotatable bonds is 6. The molecular formula is C27H28ClN3O5. The van der Waals surface area contributed by atoms with Crippen molar-refractivity contribution in [3.05, 3.63) is 65.2 Å². The Hall–Kier alpha value is -3.01. The lowest BCUT2D eigenvalue weighted by Gasteiger charge is -2.31. The monoisotopic (exact) mass is 509 g/mol. The van der Waals surface area contributed by atoms with Gasteiger partial charge in [0.25, 0.3) is 6.01 Å². The van der Waals surface area contributed by atoms with Crippen molar-refractivity contribution in [1.82, 2.24) is 15.0 Å². The summed E-state index contributed by atoms with van der Waals surface area (Å²) >= 11 is 6.56. The minimum atomic E-state index is -0.880. The van der Waals surface area contributed by atoms with E-state index in [1.165, 1.54) is 0 Å².